The maximum Gasteiger partial charge on any atom is 0.241 e. The molecular formula is C27H34N6O. The number of nitrogens with zero attached hydrogens (tertiary/aromatic N) is 5. The molecule has 2 aliphatic rings. The van der Waals surface area contributed by atoms with Gasteiger partial charge in [0.05, 0.1) is 17.2 Å². The summed E-state index contributed by atoms with van der Waals surface area (Å²) in [5.74, 6) is 1.74. The lowest BCUT2D eigenvalue weighted by Crippen LogP contribution is -2.52. The number of nitrogens with one attached hydrogen (secondary N) is 1. The van der Waals surface area contributed by atoms with Gasteiger partial charge in [0.1, 0.15) is 5.82 Å². The zero-order valence-corrected chi connectivity index (χ0v) is 19.9. The molecule has 2 aromatic heterocycles. The van der Waals surface area contributed by atoms with E-state index in [2.05, 4.69) is 42.1 Å². The second-order valence-corrected chi connectivity index (χ2v) is 9.52. The second-order valence-electron chi connectivity index (χ2n) is 9.52. The Morgan fingerprint density at radius 2 is 1.85 bits per heavy atom. The second kappa shape index (κ2) is 10.5. The number of rotatable bonds is 6. The Bertz CT molecular complexity index is 1090. The predicted octanol–water partition coefficient (Wildman–Crippen LogP) is 3.49. The molecule has 7 nitrogen and oxygen atoms in total. The quantitative estimate of drug-likeness (QED) is 0.610. The van der Waals surface area contributed by atoms with Crippen molar-refractivity contribution in [2.45, 2.75) is 25.8 Å². The Labute approximate surface area is 201 Å². The van der Waals surface area contributed by atoms with E-state index in [0.717, 1.165) is 74.6 Å². The van der Waals surface area contributed by atoms with E-state index in [4.69, 9.17) is 0 Å². The summed E-state index contributed by atoms with van der Waals surface area (Å²) in [5.41, 5.74) is 1.73. The van der Waals surface area contributed by atoms with Crippen molar-refractivity contribution in [1.29, 1.82) is 0 Å². The third kappa shape index (κ3) is 5.21. The predicted molar refractivity (Wildman–Crippen MR) is 137 cm³/mol. The summed E-state index contributed by atoms with van der Waals surface area (Å²) in [5, 5.41) is 4.13. The zero-order valence-electron chi connectivity index (χ0n) is 19.9. The zero-order chi connectivity index (χ0) is 23.3. The number of carbonyl (C=O) groups is 1. The summed E-state index contributed by atoms with van der Waals surface area (Å²) in [6, 6.07) is 15.7. The molecule has 2 saturated heterocycles. The van der Waals surface area contributed by atoms with Crippen LogP contribution in [0.15, 0.2) is 60.9 Å². The number of amides is 1. The molecule has 5 rings (SSSR count). The van der Waals surface area contributed by atoms with Crippen LogP contribution in [0, 0.1) is 5.92 Å². The highest BCUT2D eigenvalue weighted by molar-refractivity contribution is 6.02. The average Bonchev–Trinajstić information content (AvgIpc) is 2.89. The fourth-order valence-electron chi connectivity index (χ4n) is 5.28. The summed E-state index contributed by atoms with van der Waals surface area (Å²) in [6.07, 6.45) is 6.03. The minimum atomic E-state index is -0.157. The molecule has 3 aromatic rings. The Balaban J connectivity index is 1.14. The molecule has 2 aliphatic heterocycles. The summed E-state index contributed by atoms with van der Waals surface area (Å²) >= 11 is 0. The number of fused-ring (bicyclic) bond motifs is 1. The topological polar surface area (TPSA) is 64.6 Å². The van der Waals surface area contributed by atoms with Crippen molar-refractivity contribution >= 4 is 28.3 Å². The molecule has 1 N–H and O–H groups in total. The molecule has 1 amide bonds. The van der Waals surface area contributed by atoms with E-state index in [-0.39, 0.29) is 11.9 Å². The first kappa shape index (κ1) is 22.7. The highest BCUT2D eigenvalue weighted by Crippen LogP contribution is 2.24. The van der Waals surface area contributed by atoms with Crippen molar-refractivity contribution in [2.75, 3.05) is 56.0 Å². The Kier molecular flexibility index (Phi) is 7.02. The third-order valence-electron chi connectivity index (χ3n) is 7.24. The first-order valence-corrected chi connectivity index (χ1v) is 12.4. The summed E-state index contributed by atoms with van der Waals surface area (Å²) in [4.78, 5) is 29.3. The van der Waals surface area contributed by atoms with Gasteiger partial charge in [0, 0.05) is 57.0 Å². The molecule has 0 unspecified atom stereocenters. The van der Waals surface area contributed by atoms with Gasteiger partial charge in [0.15, 0.2) is 0 Å². The highest BCUT2D eigenvalue weighted by Gasteiger charge is 2.29. The van der Waals surface area contributed by atoms with Crippen LogP contribution >= 0.6 is 0 Å². The first-order chi connectivity index (χ1) is 16.7. The normalized spacial score (nSPS) is 20.9. The van der Waals surface area contributed by atoms with E-state index in [1.807, 2.05) is 49.5 Å². The van der Waals surface area contributed by atoms with E-state index in [9.17, 15) is 4.79 Å². The van der Waals surface area contributed by atoms with Gasteiger partial charge in [-0.25, -0.2) is 4.98 Å². The van der Waals surface area contributed by atoms with Crippen molar-refractivity contribution in [3.8, 4) is 0 Å². The highest BCUT2D eigenvalue weighted by atomic mass is 16.2. The van der Waals surface area contributed by atoms with E-state index < -0.39 is 0 Å². The van der Waals surface area contributed by atoms with Gasteiger partial charge in [-0.3, -0.25) is 19.6 Å². The minimum Gasteiger partial charge on any atom is -0.354 e. The number of hydrogen-bond acceptors (Lipinski definition) is 6. The number of hydrogen-bond donors (Lipinski definition) is 1. The maximum absolute atomic E-state index is 13.1. The van der Waals surface area contributed by atoms with E-state index >= 15 is 0 Å². The van der Waals surface area contributed by atoms with Crippen molar-refractivity contribution in [1.82, 2.24) is 19.8 Å². The molecule has 0 radical (unpaired) electrons. The number of piperidine rings is 1. The number of benzene rings is 1. The van der Waals surface area contributed by atoms with Gasteiger partial charge < -0.3 is 10.2 Å². The lowest BCUT2D eigenvalue weighted by atomic mass is 9.95. The van der Waals surface area contributed by atoms with Gasteiger partial charge in [0.25, 0.3) is 0 Å². The average molecular weight is 459 g/mol. The van der Waals surface area contributed by atoms with E-state index in [1.54, 1.807) is 6.20 Å². The van der Waals surface area contributed by atoms with Crippen molar-refractivity contribution in [2.24, 2.45) is 5.92 Å². The van der Waals surface area contributed by atoms with Crippen molar-refractivity contribution < 1.29 is 4.79 Å². The molecule has 178 valence electrons. The summed E-state index contributed by atoms with van der Waals surface area (Å²) in [6.45, 7) is 9.28. The van der Waals surface area contributed by atoms with Crippen molar-refractivity contribution in [3.05, 3.63) is 60.9 Å². The lowest BCUT2D eigenvalue weighted by Gasteiger charge is -2.40. The van der Waals surface area contributed by atoms with Crippen LogP contribution in [0.2, 0.25) is 0 Å². The van der Waals surface area contributed by atoms with Gasteiger partial charge >= 0.3 is 0 Å². The fraction of sp³-hybridized carbons (Fsp3) is 0.444. The number of carbonyl (C=O) groups excluding carboxylic acids is 1. The van der Waals surface area contributed by atoms with Gasteiger partial charge in [-0.15, -0.1) is 0 Å². The summed E-state index contributed by atoms with van der Waals surface area (Å²) in [7, 11) is 0. The summed E-state index contributed by atoms with van der Waals surface area (Å²) < 4.78 is 0. The van der Waals surface area contributed by atoms with Gasteiger partial charge in [0.2, 0.25) is 5.91 Å². The van der Waals surface area contributed by atoms with Crippen LogP contribution < -0.4 is 10.2 Å². The molecule has 0 spiro atoms. The molecular weight excluding hydrogens is 424 g/mol. The van der Waals surface area contributed by atoms with Crippen LogP contribution in [-0.2, 0) is 4.79 Å². The van der Waals surface area contributed by atoms with Gasteiger partial charge in [-0.2, -0.15) is 0 Å². The molecule has 0 bridgehead atoms. The maximum atomic E-state index is 13.1. The third-order valence-corrected chi connectivity index (χ3v) is 7.24. The number of piperazine rings is 1. The molecule has 2 fully saturated rings. The Morgan fingerprint density at radius 1 is 1.00 bits per heavy atom. The van der Waals surface area contributed by atoms with E-state index in [1.165, 1.54) is 6.42 Å². The minimum absolute atomic E-state index is 0.0565. The number of anilines is 2. The molecule has 34 heavy (non-hydrogen) atoms. The van der Waals surface area contributed by atoms with Gasteiger partial charge in [-0.1, -0.05) is 12.1 Å². The van der Waals surface area contributed by atoms with Crippen LogP contribution in [-0.4, -0.2) is 77.5 Å². The Hall–Kier alpha value is -3.03. The molecule has 0 saturated carbocycles. The lowest BCUT2D eigenvalue weighted by molar-refractivity contribution is -0.121. The molecule has 4 heterocycles. The standard InChI is InChI=1S/C27H34N6O/c1-21(27(34)30-25-10-4-9-24-23(25)8-5-13-28-24)33-14-6-7-22(20-33)19-31-15-17-32(18-16-31)26-11-2-3-12-29-26/h2-5,8-13,21-22H,6-7,14-20H2,1H3,(H,30,34)/t21-,22+/m0/s1. The number of aromatic nitrogens is 2. The molecule has 2 atom stereocenters. The van der Waals surface area contributed by atoms with Crippen LogP contribution in [0.3, 0.4) is 0 Å². The number of pyridine rings is 2. The fourth-order valence-corrected chi connectivity index (χ4v) is 5.28. The van der Waals surface area contributed by atoms with Crippen LogP contribution in [0.1, 0.15) is 19.8 Å². The number of likely N-dealkylation sites (tertiary alicyclic amines) is 1. The smallest absolute Gasteiger partial charge is 0.241 e. The van der Waals surface area contributed by atoms with Crippen LogP contribution in [0.5, 0.6) is 0 Å². The van der Waals surface area contributed by atoms with Crippen LogP contribution in [0.25, 0.3) is 10.9 Å². The van der Waals surface area contributed by atoms with Gasteiger partial charge in [-0.05, 0) is 68.6 Å². The Morgan fingerprint density at radius 3 is 2.68 bits per heavy atom. The van der Waals surface area contributed by atoms with Crippen molar-refractivity contribution in [3.63, 3.8) is 0 Å². The van der Waals surface area contributed by atoms with Crippen LogP contribution in [0.4, 0.5) is 11.5 Å². The largest absolute Gasteiger partial charge is 0.354 e. The molecule has 7 heteroatoms. The first-order valence-electron chi connectivity index (χ1n) is 12.4. The van der Waals surface area contributed by atoms with E-state index in [0.29, 0.717) is 5.92 Å². The monoisotopic (exact) mass is 458 g/mol. The molecule has 1 aromatic carbocycles. The SMILES string of the molecule is C[C@@H](C(=O)Nc1cccc2ncccc12)N1CCC[C@H](CN2CCN(c3ccccn3)CC2)C1. The molecule has 0 aliphatic carbocycles.